The van der Waals surface area contributed by atoms with Gasteiger partial charge in [0.15, 0.2) is 0 Å². The molecule has 2 aliphatic rings. The van der Waals surface area contributed by atoms with Crippen LogP contribution in [-0.4, -0.2) is 6.61 Å². The van der Waals surface area contributed by atoms with Gasteiger partial charge in [-0.2, -0.15) is 0 Å². The van der Waals surface area contributed by atoms with Crippen LogP contribution in [0.4, 0.5) is 0 Å². The van der Waals surface area contributed by atoms with Crippen molar-refractivity contribution >= 4 is 0 Å². The quantitative estimate of drug-likeness (QED) is 0.239. The predicted molar refractivity (Wildman–Crippen MR) is 144 cm³/mol. The molecule has 1 heteroatoms. The summed E-state index contributed by atoms with van der Waals surface area (Å²) in [6.45, 7) is 5.52. The Labute approximate surface area is 206 Å². The first kappa shape index (κ1) is 26.6. The lowest BCUT2D eigenvalue weighted by atomic mass is 9.78. The average Bonchev–Trinajstić information content (AvgIpc) is 2.86. The highest BCUT2D eigenvalue weighted by Crippen LogP contribution is 2.35. The Kier molecular flexibility index (Phi) is 12.8. The molecular formula is C32H54O. The molecule has 0 aromatic heterocycles. The van der Waals surface area contributed by atoms with Gasteiger partial charge < -0.3 is 4.74 Å². The van der Waals surface area contributed by atoms with E-state index in [0.29, 0.717) is 0 Å². The van der Waals surface area contributed by atoms with Crippen LogP contribution in [-0.2, 0) is 6.42 Å². The van der Waals surface area contributed by atoms with E-state index in [-0.39, 0.29) is 0 Å². The van der Waals surface area contributed by atoms with Crippen molar-refractivity contribution in [3.63, 3.8) is 0 Å². The van der Waals surface area contributed by atoms with Gasteiger partial charge in [-0.3, -0.25) is 0 Å². The Bertz CT molecular complexity index is 589. The maximum Gasteiger partial charge on any atom is 0.119 e. The summed E-state index contributed by atoms with van der Waals surface area (Å²) in [5.41, 5.74) is 1.49. The van der Waals surface area contributed by atoms with Crippen molar-refractivity contribution in [1.29, 1.82) is 0 Å². The highest BCUT2D eigenvalue weighted by atomic mass is 16.5. The smallest absolute Gasteiger partial charge is 0.119 e. The zero-order chi connectivity index (χ0) is 23.1. The minimum absolute atomic E-state index is 0.886. The zero-order valence-corrected chi connectivity index (χ0v) is 22.2. The Morgan fingerprint density at radius 2 is 1.06 bits per heavy atom. The highest BCUT2D eigenvalue weighted by Gasteiger charge is 2.21. The molecule has 0 unspecified atom stereocenters. The third-order valence-electron chi connectivity index (χ3n) is 8.90. The standard InChI is InChI=1S/C32H54O/c1-3-5-7-10-28-12-14-29(15-13-28)11-8-26-33-32-24-22-31(23-25-32)21-20-30-18-16-27(17-19-30)9-6-4-2/h22-25,27-30H,3-21,26H2,1-2H3/t27-,28-,29-,30-. The number of unbranched alkanes of at least 4 members (excludes halogenated alkanes) is 3. The maximum absolute atomic E-state index is 6.08. The van der Waals surface area contributed by atoms with Gasteiger partial charge in [0.05, 0.1) is 6.61 Å². The summed E-state index contributed by atoms with van der Waals surface area (Å²) in [6.07, 6.45) is 27.0. The summed E-state index contributed by atoms with van der Waals surface area (Å²) >= 11 is 0. The van der Waals surface area contributed by atoms with Crippen LogP contribution in [0.5, 0.6) is 5.75 Å². The molecule has 1 aromatic rings. The van der Waals surface area contributed by atoms with E-state index in [4.69, 9.17) is 4.74 Å². The molecule has 0 bridgehead atoms. The van der Waals surface area contributed by atoms with Gasteiger partial charge in [-0.25, -0.2) is 0 Å². The molecule has 0 N–H and O–H groups in total. The Hall–Kier alpha value is -0.980. The molecule has 2 aliphatic carbocycles. The van der Waals surface area contributed by atoms with Gasteiger partial charge in [0.1, 0.15) is 5.75 Å². The normalized spacial score (nSPS) is 25.8. The van der Waals surface area contributed by atoms with Crippen molar-refractivity contribution < 1.29 is 4.74 Å². The van der Waals surface area contributed by atoms with Crippen molar-refractivity contribution in [2.75, 3.05) is 6.61 Å². The maximum atomic E-state index is 6.08. The summed E-state index contributed by atoms with van der Waals surface area (Å²) in [6, 6.07) is 9.03. The summed E-state index contributed by atoms with van der Waals surface area (Å²) in [4.78, 5) is 0. The molecule has 0 aliphatic heterocycles. The third-order valence-corrected chi connectivity index (χ3v) is 8.90. The molecule has 0 atom stereocenters. The van der Waals surface area contributed by atoms with Crippen molar-refractivity contribution in [3.8, 4) is 5.75 Å². The first-order valence-electron chi connectivity index (χ1n) is 15.0. The SMILES string of the molecule is CCCCC[C@H]1CC[C@H](CCCOc2ccc(CC[C@H]3CC[C@H](CCCC)CC3)cc2)CC1. The van der Waals surface area contributed by atoms with Crippen LogP contribution in [0, 0.1) is 23.7 Å². The minimum Gasteiger partial charge on any atom is -0.494 e. The number of hydrogen-bond donors (Lipinski definition) is 0. The molecule has 0 amide bonds. The second-order valence-corrected chi connectivity index (χ2v) is 11.6. The lowest BCUT2D eigenvalue weighted by Crippen LogP contribution is -2.15. The fourth-order valence-corrected chi connectivity index (χ4v) is 6.48. The first-order chi connectivity index (χ1) is 16.3. The third kappa shape index (κ3) is 10.4. The minimum atomic E-state index is 0.886. The summed E-state index contributed by atoms with van der Waals surface area (Å²) in [5.74, 6) is 5.05. The molecule has 0 spiro atoms. The van der Waals surface area contributed by atoms with Gasteiger partial charge in [0.2, 0.25) is 0 Å². The van der Waals surface area contributed by atoms with Gasteiger partial charge >= 0.3 is 0 Å². The van der Waals surface area contributed by atoms with E-state index >= 15 is 0 Å². The molecule has 0 heterocycles. The van der Waals surface area contributed by atoms with Crippen LogP contribution in [0.3, 0.4) is 0 Å². The van der Waals surface area contributed by atoms with Gasteiger partial charge in [-0.1, -0.05) is 122 Å². The fourth-order valence-electron chi connectivity index (χ4n) is 6.48. The molecule has 33 heavy (non-hydrogen) atoms. The van der Waals surface area contributed by atoms with E-state index in [2.05, 4.69) is 38.1 Å². The van der Waals surface area contributed by atoms with Crippen LogP contribution < -0.4 is 4.74 Å². The molecule has 0 saturated heterocycles. The first-order valence-corrected chi connectivity index (χ1v) is 15.0. The molecular weight excluding hydrogens is 400 g/mol. The molecule has 1 nitrogen and oxygen atoms in total. The summed E-state index contributed by atoms with van der Waals surface area (Å²) < 4.78 is 6.08. The molecule has 2 saturated carbocycles. The second kappa shape index (κ2) is 15.8. The molecule has 3 rings (SSSR count). The Balaban J connectivity index is 1.22. The largest absolute Gasteiger partial charge is 0.494 e. The molecule has 188 valence electrons. The van der Waals surface area contributed by atoms with Crippen LogP contribution in [0.2, 0.25) is 0 Å². The molecule has 2 fully saturated rings. The number of aryl methyl sites for hydroxylation is 1. The van der Waals surface area contributed by atoms with E-state index in [1.54, 1.807) is 0 Å². The average molecular weight is 455 g/mol. The number of hydrogen-bond acceptors (Lipinski definition) is 1. The van der Waals surface area contributed by atoms with E-state index in [1.165, 1.54) is 128 Å². The lowest BCUT2D eigenvalue weighted by molar-refractivity contribution is 0.228. The monoisotopic (exact) mass is 454 g/mol. The Morgan fingerprint density at radius 3 is 1.61 bits per heavy atom. The van der Waals surface area contributed by atoms with Crippen LogP contribution in [0.1, 0.15) is 135 Å². The zero-order valence-electron chi connectivity index (χ0n) is 22.2. The summed E-state index contributed by atoms with van der Waals surface area (Å²) in [7, 11) is 0. The topological polar surface area (TPSA) is 9.23 Å². The Morgan fingerprint density at radius 1 is 0.576 bits per heavy atom. The van der Waals surface area contributed by atoms with Gasteiger partial charge in [0, 0.05) is 0 Å². The predicted octanol–water partition coefficient (Wildman–Crippen LogP) is 10.2. The molecule has 0 radical (unpaired) electrons. The number of rotatable bonds is 15. The van der Waals surface area contributed by atoms with Crippen molar-refractivity contribution in [1.82, 2.24) is 0 Å². The van der Waals surface area contributed by atoms with E-state index in [1.807, 2.05) is 0 Å². The number of ether oxygens (including phenoxy) is 1. The van der Waals surface area contributed by atoms with Gasteiger partial charge in [-0.15, -0.1) is 0 Å². The lowest BCUT2D eigenvalue weighted by Gasteiger charge is -2.28. The van der Waals surface area contributed by atoms with E-state index in [9.17, 15) is 0 Å². The van der Waals surface area contributed by atoms with Gasteiger partial charge in [-0.05, 0) is 67.1 Å². The second-order valence-electron chi connectivity index (χ2n) is 11.6. The molecule has 1 aromatic carbocycles. The van der Waals surface area contributed by atoms with Crippen molar-refractivity contribution in [3.05, 3.63) is 29.8 Å². The highest BCUT2D eigenvalue weighted by molar-refractivity contribution is 5.27. The van der Waals surface area contributed by atoms with Crippen molar-refractivity contribution in [2.45, 2.75) is 136 Å². The van der Waals surface area contributed by atoms with Gasteiger partial charge in [0.25, 0.3) is 0 Å². The van der Waals surface area contributed by atoms with E-state index < -0.39 is 0 Å². The fraction of sp³-hybridized carbons (Fsp3) is 0.812. The van der Waals surface area contributed by atoms with Crippen LogP contribution in [0.25, 0.3) is 0 Å². The van der Waals surface area contributed by atoms with Crippen LogP contribution >= 0.6 is 0 Å². The number of benzene rings is 1. The van der Waals surface area contributed by atoms with Crippen molar-refractivity contribution in [2.24, 2.45) is 23.7 Å². The van der Waals surface area contributed by atoms with E-state index in [0.717, 1.165) is 36.0 Å². The van der Waals surface area contributed by atoms with Crippen LogP contribution in [0.15, 0.2) is 24.3 Å². The summed E-state index contributed by atoms with van der Waals surface area (Å²) in [5, 5.41) is 0.